The minimum Gasteiger partial charge on any atom is -0.221 e. The zero-order valence-electron chi connectivity index (χ0n) is 4.91. The normalized spacial score (nSPS) is 13.0. The molecule has 0 aliphatic carbocycles. The average molecular weight is 176 g/mol. The van der Waals surface area contributed by atoms with Gasteiger partial charge >= 0.3 is 0 Å². The lowest BCUT2D eigenvalue weighted by Crippen LogP contribution is -1.83. The van der Waals surface area contributed by atoms with Crippen LogP contribution in [0.5, 0.6) is 0 Å². The fourth-order valence-corrected chi connectivity index (χ4v) is 1.03. The van der Waals surface area contributed by atoms with E-state index in [0.717, 1.165) is 0 Å². The van der Waals surface area contributed by atoms with Crippen molar-refractivity contribution in [2.45, 2.75) is 4.90 Å². The molecule has 0 saturated carbocycles. The fourth-order valence-electron chi connectivity index (χ4n) is 0.546. The largest absolute Gasteiger partial charge is 0.221 e. The summed E-state index contributed by atoms with van der Waals surface area (Å²) in [4.78, 5) is 0.254. The molecular weight excluding hydrogens is 172 g/mol. The molecule has 0 amide bonds. The number of halogens is 1. The Balaban J connectivity index is 3.00. The second kappa shape index (κ2) is 3.14. The van der Waals surface area contributed by atoms with E-state index < -0.39 is 11.1 Å². The summed E-state index contributed by atoms with van der Waals surface area (Å²) in [6, 6.07) is 5.97. The molecule has 1 aromatic carbocycles. The van der Waals surface area contributed by atoms with E-state index in [2.05, 4.69) is 0 Å². The molecule has 1 atom stereocenters. The van der Waals surface area contributed by atoms with Crippen molar-refractivity contribution in [1.82, 2.24) is 0 Å². The summed E-state index contributed by atoms with van der Waals surface area (Å²) in [6.45, 7) is 0. The van der Waals surface area contributed by atoms with Gasteiger partial charge in [-0.25, -0.2) is 4.21 Å². The van der Waals surface area contributed by atoms with Crippen LogP contribution in [0.2, 0.25) is 5.02 Å². The average Bonchev–Trinajstić information content (AvgIpc) is 1.88. The third-order valence-corrected chi connectivity index (χ3v) is 1.92. The minimum atomic E-state index is -2.15. The Morgan fingerprint density at radius 3 is 2.10 bits per heavy atom. The molecule has 0 aromatic heterocycles. The third kappa shape index (κ3) is 1.80. The molecular formula is C6H4ClO2S. The Kier molecular flexibility index (Phi) is 2.43. The first-order chi connectivity index (χ1) is 4.70. The van der Waals surface area contributed by atoms with Gasteiger partial charge in [0.15, 0.2) is 0 Å². The van der Waals surface area contributed by atoms with E-state index in [1.807, 2.05) is 0 Å². The highest BCUT2D eigenvalue weighted by Gasteiger charge is 1.98. The number of benzene rings is 1. The smallest absolute Gasteiger partial charge is 0.221 e. The summed E-state index contributed by atoms with van der Waals surface area (Å²) in [5, 5.41) is 0.536. The lowest BCUT2D eigenvalue weighted by atomic mass is 10.4. The second-order valence-electron chi connectivity index (χ2n) is 1.69. The van der Waals surface area contributed by atoms with Gasteiger partial charge in [0.1, 0.15) is 0 Å². The molecule has 1 radical (unpaired) electrons. The highest BCUT2D eigenvalue weighted by molar-refractivity contribution is 7.79. The number of rotatable bonds is 1. The zero-order valence-corrected chi connectivity index (χ0v) is 6.48. The van der Waals surface area contributed by atoms with Crippen LogP contribution in [-0.2, 0) is 15.6 Å². The lowest BCUT2D eigenvalue weighted by molar-refractivity contribution is 0.473. The molecule has 0 fully saturated rings. The predicted octanol–water partition coefficient (Wildman–Crippen LogP) is 1.79. The molecule has 0 N–H and O–H groups in total. The van der Waals surface area contributed by atoms with Crippen LogP contribution in [0.4, 0.5) is 0 Å². The van der Waals surface area contributed by atoms with Crippen molar-refractivity contribution in [3.63, 3.8) is 0 Å². The van der Waals surface area contributed by atoms with Crippen LogP contribution in [-0.4, -0.2) is 4.21 Å². The van der Waals surface area contributed by atoms with Crippen molar-refractivity contribution in [2.24, 2.45) is 0 Å². The summed E-state index contributed by atoms with van der Waals surface area (Å²) in [7, 11) is 0. The van der Waals surface area contributed by atoms with Gasteiger partial charge in [0.2, 0.25) is 11.1 Å². The van der Waals surface area contributed by atoms with Crippen molar-refractivity contribution in [3.05, 3.63) is 29.3 Å². The topological polar surface area (TPSA) is 37.0 Å². The highest BCUT2D eigenvalue weighted by atomic mass is 35.5. The van der Waals surface area contributed by atoms with E-state index in [0.29, 0.717) is 5.02 Å². The Morgan fingerprint density at radius 1 is 1.20 bits per heavy atom. The molecule has 1 unspecified atom stereocenters. The molecule has 1 rings (SSSR count). The standard InChI is InChI=1S/C6H4ClO2S/c7-5-1-3-6(4-2-5)10(8)9/h1-4H. The maximum atomic E-state index is 10.3. The maximum absolute atomic E-state index is 10.3. The van der Waals surface area contributed by atoms with E-state index in [4.69, 9.17) is 11.6 Å². The molecule has 0 heterocycles. The molecule has 0 spiro atoms. The van der Waals surface area contributed by atoms with Crippen LogP contribution in [0, 0.1) is 0 Å². The van der Waals surface area contributed by atoms with Crippen LogP contribution in [0.1, 0.15) is 0 Å². The summed E-state index contributed by atoms with van der Waals surface area (Å²) in [6.07, 6.45) is 0. The second-order valence-corrected chi connectivity index (χ2v) is 3.07. The van der Waals surface area contributed by atoms with Crippen LogP contribution in [0.3, 0.4) is 0 Å². The van der Waals surface area contributed by atoms with E-state index in [1.165, 1.54) is 24.3 Å². The van der Waals surface area contributed by atoms with Crippen molar-refractivity contribution in [1.29, 1.82) is 0 Å². The van der Waals surface area contributed by atoms with Crippen LogP contribution >= 0.6 is 11.6 Å². The van der Waals surface area contributed by atoms with Crippen molar-refractivity contribution in [3.8, 4) is 0 Å². The van der Waals surface area contributed by atoms with Gasteiger partial charge in [-0.15, -0.1) is 4.55 Å². The fraction of sp³-hybridized carbons (Fsp3) is 0. The zero-order chi connectivity index (χ0) is 7.56. The first kappa shape index (κ1) is 7.72. The Bertz CT molecular complexity index is 244. The maximum Gasteiger partial charge on any atom is 0.221 e. The lowest BCUT2D eigenvalue weighted by Gasteiger charge is -1.90. The Labute approximate surface area is 66.1 Å². The predicted molar refractivity (Wildman–Crippen MR) is 38.5 cm³/mol. The van der Waals surface area contributed by atoms with Gasteiger partial charge < -0.3 is 0 Å². The molecule has 0 saturated heterocycles. The number of hydrogen-bond acceptors (Lipinski definition) is 1. The van der Waals surface area contributed by atoms with Crippen LogP contribution in [0.25, 0.3) is 0 Å². The van der Waals surface area contributed by atoms with E-state index >= 15 is 0 Å². The minimum absolute atomic E-state index is 0.254. The highest BCUT2D eigenvalue weighted by Crippen LogP contribution is 2.11. The summed E-state index contributed by atoms with van der Waals surface area (Å²) < 4.78 is 20.5. The first-order valence-electron chi connectivity index (χ1n) is 2.55. The quantitative estimate of drug-likeness (QED) is 0.641. The van der Waals surface area contributed by atoms with Crippen molar-refractivity contribution in [2.75, 3.05) is 0 Å². The van der Waals surface area contributed by atoms with Gasteiger partial charge in [-0.05, 0) is 24.3 Å². The summed E-state index contributed by atoms with van der Waals surface area (Å²) >= 11 is 3.37. The molecule has 2 nitrogen and oxygen atoms in total. The van der Waals surface area contributed by atoms with Crippen molar-refractivity contribution >= 4 is 22.7 Å². The molecule has 1 aromatic rings. The SMILES string of the molecule is [O]S(=O)c1ccc(Cl)cc1. The Morgan fingerprint density at radius 2 is 1.70 bits per heavy atom. The number of hydrogen-bond donors (Lipinski definition) is 0. The van der Waals surface area contributed by atoms with Gasteiger partial charge in [0.25, 0.3) is 0 Å². The summed E-state index contributed by atoms with van der Waals surface area (Å²) in [5.74, 6) is 0. The van der Waals surface area contributed by atoms with Gasteiger partial charge in [-0.2, -0.15) is 0 Å². The monoisotopic (exact) mass is 175 g/mol. The molecule has 53 valence electrons. The van der Waals surface area contributed by atoms with Gasteiger partial charge in [-0.3, -0.25) is 0 Å². The van der Waals surface area contributed by atoms with Gasteiger partial charge in [0, 0.05) is 5.02 Å². The van der Waals surface area contributed by atoms with E-state index in [9.17, 15) is 8.76 Å². The molecule has 0 bridgehead atoms. The Hall–Kier alpha value is -0.380. The van der Waals surface area contributed by atoms with E-state index in [1.54, 1.807) is 0 Å². The molecule has 0 aliphatic heterocycles. The molecule has 10 heavy (non-hydrogen) atoms. The van der Waals surface area contributed by atoms with Crippen LogP contribution < -0.4 is 0 Å². The van der Waals surface area contributed by atoms with E-state index in [-0.39, 0.29) is 4.90 Å². The van der Waals surface area contributed by atoms with Crippen LogP contribution in [0.15, 0.2) is 29.2 Å². The molecule has 4 heteroatoms. The molecule has 0 aliphatic rings. The first-order valence-corrected chi connectivity index (χ1v) is 4.00. The van der Waals surface area contributed by atoms with Gasteiger partial charge in [0.05, 0.1) is 4.90 Å². The summed E-state index contributed by atoms with van der Waals surface area (Å²) in [5.41, 5.74) is 0. The van der Waals surface area contributed by atoms with Gasteiger partial charge in [-0.1, -0.05) is 11.6 Å². The third-order valence-electron chi connectivity index (χ3n) is 1.01. The van der Waals surface area contributed by atoms with Crippen molar-refractivity contribution < 1.29 is 8.76 Å².